The number of aliphatic hydroxyl groups excluding tert-OH is 1. The quantitative estimate of drug-likeness (QED) is 0.828. The van der Waals surface area contributed by atoms with E-state index in [2.05, 4.69) is 0 Å². The summed E-state index contributed by atoms with van der Waals surface area (Å²) in [5, 5.41) is 10.1. The molecule has 1 fully saturated rings. The number of rotatable bonds is 6. The third kappa shape index (κ3) is 4.54. The molecule has 1 unspecified atom stereocenters. The molecule has 1 saturated carbocycles. The molecule has 1 aromatic rings. The van der Waals surface area contributed by atoms with Crippen molar-refractivity contribution in [2.24, 2.45) is 5.89 Å². The summed E-state index contributed by atoms with van der Waals surface area (Å²) < 4.78 is 93.9. The average molecular weight is 273 g/mol. The molecule has 106 valence electrons. The Morgan fingerprint density at radius 2 is 2.21 bits per heavy atom. The summed E-state index contributed by atoms with van der Waals surface area (Å²) in [6, 6.07) is 6.04. The predicted molar refractivity (Wildman–Crippen MR) is 78.4 cm³/mol. The average Bonchev–Trinajstić information content (AvgIpc) is 2.64. The van der Waals surface area contributed by atoms with Gasteiger partial charge in [0, 0.05) is 15.1 Å². The molecule has 0 spiro atoms. The Kier molecular flexibility index (Phi) is 2.29. The van der Waals surface area contributed by atoms with Crippen molar-refractivity contribution in [2.45, 2.75) is 57.7 Å². The molecule has 0 aromatic heterocycles. The molecule has 2 heteroatoms. The van der Waals surface area contributed by atoms with Crippen LogP contribution in [0, 0.1) is 5.89 Å². The highest BCUT2D eigenvalue weighted by molar-refractivity contribution is 5.29. The third-order valence-electron chi connectivity index (χ3n) is 2.74. The molecule has 0 bridgehead atoms. The van der Waals surface area contributed by atoms with Gasteiger partial charge in [0.15, 0.2) is 0 Å². The van der Waals surface area contributed by atoms with Crippen LogP contribution in [0.15, 0.2) is 24.3 Å². The van der Waals surface area contributed by atoms with E-state index in [9.17, 15) is 5.11 Å². The zero-order valence-electron chi connectivity index (χ0n) is 21.9. The normalized spacial score (nSPS) is 41.7. The van der Waals surface area contributed by atoms with Crippen molar-refractivity contribution in [3.05, 3.63) is 29.8 Å². The fourth-order valence-corrected chi connectivity index (χ4v) is 1.76. The van der Waals surface area contributed by atoms with Crippen molar-refractivity contribution in [3.63, 3.8) is 0 Å². The lowest BCUT2D eigenvalue weighted by atomic mass is 9.90. The van der Waals surface area contributed by atoms with Crippen molar-refractivity contribution in [1.29, 1.82) is 0 Å². The van der Waals surface area contributed by atoms with Crippen LogP contribution in [-0.4, -0.2) is 11.7 Å². The van der Waals surface area contributed by atoms with Crippen LogP contribution in [0.5, 0.6) is 5.75 Å². The molecule has 1 aliphatic carbocycles. The number of ether oxygens (including phenoxy) is 1. The Morgan fingerprint density at radius 3 is 2.95 bits per heavy atom. The maximum absolute atomic E-state index is 10.1. The van der Waals surface area contributed by atoms with E-state index in [1.54, 1.807) is 12.1 Å². The maximum Gasteiger partial charge on any atom is 0.119 e. The molecule has 1 N–H and O–H groups in total. The zero-order valence-corrected chi connectivity index (χ0v) is 10.9. The number of hydrogen-bond acceptors (Lipinski definition) is 2. The topological polar surface area (TPSA) is 29.5 Å². The minimum absolute atomic E-state index is 0.0654. The molecule has 0 aliphatic heterocycles. The van der Waals surface area contributed by atoms with Gasteiger partial charge >= 0.3 is 0 Å². The summed E-state index contributed by atoms with van der Waals surface area (Å²) in [5.74, 6) is -3.06. The summed E-state index contributed by atoms with van der Waals surface area (Å²) in [4.78, 5) is 0. The van der Waals surface area contributed by atoms with Gasteiger partial charge in [-0.1, -0.05) is 44.6 Å². The highest BCUT2D eigenvalue weighted by Gasteiger charge is 2.14. The molecule has 2 rings (SSSR count). The summed E-state index contributed by atoms with van der Waals surface area (Å²) in [5.41, 5.74) is 0.491. The molecule has 0 radical (unpaired) electrons. The van der Waals surface area contributed by atoms with Gasteiger partial charge < -0.3 is 9.84 Å². The lowest BCUT2D eigenvalue weighted by molar-refractivity contribution is 0.165. The van der Waals surface area contributed by atoms with E-state index in [0.717, 1.165) is 0 Å². The van der Waals surface area contributed by atoms with Crippen LogP contribution in [0.3, 0.4) is 0 Å². The Labute approximate surface area is 132 Å². The van der Waals surface area contributed by atoms with Gasteiger partial charge in [-0.2, -0.15) is 0 Å². The number of benzene rings is 1. The summed E-state index contributed by atoms with van der Waals surface area (Å²) >= 11 is 0. The molecular weight excluding hydrogens is 236 g/mol. The highest BCUT2D eigenvalue weighted by atomic mass is 16.5. The van der Waals surface area contributed by atoms with E-state index in [1.807, 2.05) is 6.92 Å². The number of hydrogen-bond donors (Lipinski definition) is 1. The van der Waals surface area contributed by atoms with Gasteiger partial charge in [0.25, 0.3) is 0 Å². The molecular formula is C17H26O2. The standard InChI is InChI=1S/C17H26O2/c1-2-7-17(18)15-10-6-11-16(12-15)19-13-14-8-4-3-5-9-14/h6,10-12,14,17-18H,2-5,7-9,13H2,1H3/i3D2,4D2,5D2,8D2,9D2,14D. The van der Waals surface area contributed by atoms with Crippen molar-refractivity contribution in [3.8, 4) is 5.75 Å². The molecule has 0 saturated heterocycles. The lowest BCUT2D eigenvalue weighted by Crippen LogP contribution is -2.15. The molecule has 19 heavy (non-hydrogen) atoms. The van der Waals surface area contributed by atoms with Crippen LogP contribution < -0.4 is 4.74 Å². The smallest absolute Gasteiger partial charge is 0.119 e. The number of aliphatic hydroxyl groups is 1. The van der Waals surface area contributed by atoms with Gasteiger partial charge in [0.1, 0.15) is 5.75 Å². The monoisotopic (exact) mass is 273 g/mol. The molecule has 0 amide bonds. The summed E-state index contributed by atoms with van der Waals surface area (Å²) in [7, 11) is 0. The van der Waals surface area contributed by atoms with Crippen LogP contribution in [0.25, 0.3) is 0 Å². The van der Waals surface area contributed by atoms with Gasteiger partial charge in [0.05, 0.1) is 12.7 Å². The van der Waals surface area contributed by atoms with Gasteiger partial charge in [-0.15, -0.1) is 0 Å². The molecule has 1 aromatic carbocycles. The highest BCUT2D eigenvalue weighted by Crippen LogP contribution is 2.26. The lowest BCUT2D eigenvalue weighted by Gasteiger charge is -2.22. The Hall–Kier alpha value is -1.02. The first-order valence-electron chi connectivity index (χ1n) is 11.8. The molecule has 1 aliphatic rings. The van der Waals surface area contributed by atoms with E-state index < -0.39 is 50.5 Å². The first-order valence-corrected chi connectivity index (χ1v) is 6.33. The largest absolute Gasteiger partial charge is 0.493 e. The van der Waals surface area contributed by atoms with Crippen molar-refractivity contribution in [2.75, 3.05) is 6.61 Å². The second kappa shape index (κ2) is 7.54. The first-order chi connectivity index (χ1) is 13.4. The van der Waals surface area contributed by atoms with Gasteiger partial charge in [-0.25, -0.2) is 0 Å². The van der Waals surface area contributed by atoms with E-state index >= 15 is 0 Å². The van der Waals surface area contributed by atoms with Crippen LogP contribution in [0.1, 0.15) is 78.4 Å². The maximum atomic E-state index is 10.1. The van der Waals surface area contributed by atoms with Crippen LogP contribution >= 0.6 is 0 Å². The van der Waals surface area contributed by atoms with E-state index in [0.29, 0.717) is 18.4 Å². The Morgan fingerprint density at radius 1 is 1.42 bits per heavy atom. The fourth-order valence-electron chi connectivity index (χ4n) is 1.76. The van der Waals surface area contributed by atoms with Crippen molar-refractivity contribution in [1.82, 2.24) is 0 Å². The Balaban J connectivity index is 2.46. The van der Waals surface area contributed by atoms with E-state index in [4.69, 9.17) is 19.8 Å². The second-order valence-corrected chi connectivity index (χ2v) is 4.27. The van der Waals surface area contributed by atoms with Gasteiger partial charge in [0.2, 0.25) is 0 Å². The van der Waals surface area contributed by atoms with Crippen LogP contribution in [0.4, 0.5) is 0 Å². The summed E-state index contributed by atoms with van der Waals surface area (Å²) in [6.45, 7) is 0.816. The van der Waals surface area contributed by atoms with Gasteiger partial charge in [-0.05, 0) is 42.8 Å². The molecule has 0 heterocycles. The Bertz CT molecular complexity index is 749. The fraction of sp³-hybridized carbons (Fsp3) is 0.647. The van der Waals surface area contributed by atoms with Crippen molar-refractivity contribution < 1.29 is 24.9 Å². The SMILES string of the molecule is [2H]C1([2H])C([2H])([2H])C([2H])([2H])C([2H])(COc2cccc(C(O)CCC)c2)C([2H])([2H])C1([2H])[2H]. The zero-order chi connectivity index (χ0) is 23.4. The van der Waals surface area contributed by atoms with Gasteiger partial charge in [-0.3, -0.25) is 0 Å². The minimum atomic E-state index is -3.55. The summed E-state index contributed by atoms with van der Waals surface area (Å²) in [6.07, 6.45) is -17.1. The van der Waals surface area contributed by atoms with Crippen LogP contribution in [-0.2, 0) is 0 Å². The third-order valence-corrected chi connectivity index (χ3v) is 2.74. The molecule has 1 atom stereocenters. The predicted octanol–water partition coefficient (Wildman–Crippen LogP) is 4.48. The minimum Gasteiger partial charge on any atom is -0.493 e. The van der Waals surface area contributed by atoms with E-state index in [1.165, 1.54) is 12.1 Å². The molecule has 2 nitrogen and oxygen atoms in total. The van der Waals surface area contributed by atoms with E-state index in [-0.39, 0.29) is 5.75 Å². The second-order valence-electron chi connectivity index (χ2n) is 4.27. The van der Waals surface area contributed by atoms with Crippen LogP contribution in [0.2, 0.25) is 0 Å². The first kappa shape index (κ1) is 5.77. The van der Waals surface area contributed by atoms with Crippen molar-refractivity contribution >= 4 is 0 Å².